The quantitative estimate of drug-likeness (QED) is 0.769. The van der Waals surface area contributed by atoms with Crippen LogP contribution in [0.25, 0.3) is 0 Å². The van der Waals surface area contributed by atoms with E-state index in [0.29, 0.717) is 19.6 Å². The average Bonchev–Trinajstić information content (AvgIpc) is 2.67. The van der Waals surface area contributed by atoms with Gasteiger partial charge in [-0.25, -0.2) is 4.79 Å². The summed E-state index contributed by atoms with van der Waals surface area (Å²) in [6.07, 6.45) is 0. The van der Waals surface area contributed by atoms with E-state index < -0.39 is 0 Å². The Kier molecular flexibility index (Phi) is 5.95. The van der Waals surface area contributed by atoms with Gasteiger partial charge in [0.2, 0.25) is 0 Å². The Morgan fingerprint density at radius 2 is 1.78 bits per heavy atom. The van der Waals surface area contributed by atoms with Crippen LogP contribution in [0.3, 0.4) is 0 Å². The molecule has 2 amide bonds. The summed E-state index contributed by atoms with van der Waals surface area (Å²) >= 11 is 3.46. The molecule has 1 heterocycles. The van der Waals surface area contributed by atoms with Crippen LogP contribution in [0.1, 0.15) is 19.4 Å². The van der Waals surface area contributed by atoms with Crippen LogP contribution >= 0.6 is 15.9 Å². The van der Waals surface area contributed by atoms with E-state index in [1.165, 1.54) is 5.56 Å². The second kappa shape index (κ2) is 8.21. The largest absolute Gasteiger partial charge is 0.508 e. The maximum Gasteiger partial charge on any atom is 0.317 e. The molecule has 27 heavy (non-hydrogen) atoms. The van der Waals surface area contributed by atoms with Gasteiger partial charge in [-0.1, -0.05) is 48.0 Å². The van der Waals surface area contributed by atoms with Crippen molar-refractivity contribution in [3.05, 3.63) is 58.6 Å². The molecule has 3 rings (SSSR count). The third kappa shape index (κ3) is 4.95. The molecular weight excluding hydrogens is 406 g/mol. The van der Waals surface area contributed by atoms with Crippen molar-refractivity contribution in [1.82, 2.24) is 10.2 Å². The highest BCUT2D eigenvalue weighted by atomic mass is 79.9. The van der Waals surface area contributed by atoms with Gasteiger partial charge in [-0.2, -0.15) is 0 Å². The summed E-state index contributed by atoms with van der Waals surface area (Å²) in [5.41, 5.74) is 2.05. The number of aromatic hydroxyl groups is 1. The molecule has 2 aromatic carbocycles. The zero-order valence-electron chi connectivity index (χ0n) is 15.8. The van der Waals surface area contributed by atoms with Crippen LogP contribution in [0.15, 0.2) is 53.0 Å². The van der Waals surface area contributed by atoms with Crippen molar-refractivity contribution in [1.29, 1.82) is 0 Å². The van der Waals surface area contributed by atoms with E-state index >= 15 is 0 Å². The Morgan fingerprint density at radius 3 is 2.41 bits per heavy atom. The number of amides is 2. The molecule has 0 spiro atoms. The first-order valence-corrected chi connectivity index (χ1v) is 9.97. The highest BCUT2D eigenvalue weighted by Crippen LogP contribution is 2.24. The molecule has 0 unspecified atom stereocenters. The SMILES string of the molecule is CC(C)(CNC(=O)N1CCN(c2cccc(O)c2)CC1)c1ccc(Br)cc1. The zero-order valence-corrected chi connectivity index (χ0v) is 17.4. The number of urea groups is 1. The summed E-state index contributed by atoms with van der Waals surface area (Å²) in [6, 6.07) is 15.5. The van der Waals surface area contributed by atoms with E-state index in [4.69, 9.17) is 0 Å². The van der Waals surface area contributed by atoms with E-state index in [-0.39, 0.29) is 17.2 Å². The lowest BCUT2D eigenvalue weighted by molar-refractivity contribution is 0.192. The Hall–Kier alpha value is -2.21. The molecule has 1 aliphatic rings. The molecule has 0 radical (unpaired) electrons. The summed E-state index contributed by atoms with van der Waals surface area (Å²) in [7, 11) is 0. The molecule has 1 saturated heterocycles. The predicted octanol–water partition coefficient (Wildman–Crippen LogP) is 3.96. The minimum Gasteiger partial charge on any atom is -0.508 e. The van der Waals surface area contributed by atoms with Gasteiger partial charge >= 0.3 is 6.03 Å². The zero-order chi connectivity index (χ0) is 19.4. The number of halogens is 1. The highest BCUT2D eigenvalue weighted by molar-refractivity contribution is 9.10. The van der Waals surface area contributed by atoms with Gasteiger partial charge in [0, 0.05) is 54.4 Å². The molecule has 0 bridgehead atoms. The summed E-state index contributed by atoms with van der Waals surface area (Å²) in [5, 5.41) is 12.7. The van der Waals surface area contributed by atoms with Crippen molar-refractivity contribution >= 4 is 27.6 Å². The van der Waals surface area contributed by atoms with Crippen LogP contribution < -0.4 is 10.2 Å². The third-order valence-corrected chi connectivity index (χ3v) is 5.60. The second-order valence-electron chi connectivity index (χ2n) is 7.54. The molecular formula is C21H26BrN3O2. The molecule has 144 valence electrons. The number of hydrogen-bond acceptors (Lipinski definition) is 3. The van der Waals surface area contributed by atoms with E-state index in [1.807, 2.05) is 29.2 Å². The number of phenolic OH excluding ortho intramolecular Hbond substituents is 1. The first-order valence-electron chi connectivity index (χ1n) is 9.18. The number of nitrogens with zero attached hydrogens (tertiary/aromatic N) is 2. The molecule has 2 N–H and O–H groups in total. The fourth-order valence-corrected chi connectivity index (χ4v) is 3.53. The van der Waals surface area contributed by atoms with Crippen molar-refractivity contribution < 1.29 is 9.90 Å². The van der Waals surface area contributed by atoms with Crippen LogP contribution in [-0.2, 0) is 5.41 Å². The van der Waals surface area contributed by atoms with E-state index in [0.717, 1.165) is 23.2 Å². The van der Waals surface area contributed by atoms with Crippen LogP contribution in [0.5, 0.6) is 5.75 Å². The van der Waals surface area contributed by atoms with Crippen molar-refractivity contribution in [2.75, 3.05) is 37.6 Å². The Bertz CT molecular complexity index is 784. The van der Waals surface area contributed by atoms with Gasteiger partial charge in [-0.3, -0.25) is 0 Å². The standard InChI is InChI=1S/C21H26BrN3O2/c1-21(2,16-6-8-17(22)9-7-16)15-23-20(27)25-12-10-24(11-13-25)18-4-3-5-19(26)14-18/h3-9,14,26H,10-13,15H2,1-2H3,(H,23,27). The maximum absolute atomic E-state index is 12.6. The number of carbonyl (C=O) groups is 1. The second-order valence-corrected chi connectivity index (χ2v) is 8.46. The number of phenols is 1. The molecule has 0 atom stereocenters. The van der Waals surface area contributed by atoms with Gasteiger partial charge in [0.25, 0.3) is 0 Å². The van der Waals surface area contributed by atoms with Crippen LogP contribution in [0, 0.1) is 0 Å². The Morgan fingerprint density at radius 1 is 1.11 bits per heavy atom. The lowest BCUT2D eigenvalue weighted by Gasteiger charge is -2.36. The minimum atomic E-state index is -0.139. The number of anilines is 1. The molecule has 1 aliphatic heterocycles. The lowest BCUT2D eigenvalue weighted by atomic mass is 9.85. The molecule has 6 heteroatoms. The Balaban J connectivity index is 1.51. The topological polar surface area (TPSA) is 55.8 Å². The van der Waals surface area contributed by atoms with Crippen LogP contribution in [-0.4, -0.2) is 48.8 Å². The fraction of sp³-hybridized carbons (Fsp3) is 0.381. The van der Waals surface area contributed by atoms with Crippen molar-refractivity contribution in [2.45, 2.75) is 19.3 Å². The monoisotopic (exact) mass is 431 g/mol. The van der Waals surface area contributed by atoms with Gasteiger partial charge in [-0.15, -0.1) is 0 Å². The minimum absolute atomic E-state index is 0.0178. The molecule has 0 aromatic heterocycles. The summed E-state index contributed by atoms with van der Waals surface area (Å²) < 4.78 is 1.05. The first-order chi connectivity index (χ1) is 12.8. The smallest absolute Gasteiger partial charge is 0.317 e. The molecule has 1 fully saturated rings. The summed E-state index contributed by atoms with van der Waals surface area (Å²) in [5.74, 6) is 0.267. The average molecular weight is 432 g/mol. The number of benzene rings is 2. The number of rotatable bonds is 4. The molecule has 0 saturated carbocycles. The van der Waals surface area contributed by atoms with Gasteiger partial charge in [0.1, 0.15) is 5.75 Å². The maximum atomic E-state index is 12.6. The fourth-order valence-electron chi connectivity index (χ4n) is 3.27. The molecule has 0 aliphatic carbocycles. The van der Waals surface area contributed by atoms with Gasteiger partial charge in [0.05, 0.1) is 0 Å². The van der Waals surface area contributed by atoms with E-state index in [2.05, 4.69) is 52.1 Å². The van der Waals surface area contributed by atoms with Crippen molar-refractivity contribution in [3.8, 4) is 5.75 Å². The van der Waals surface area contributed by atoms with Gasteiger partial charge in [0.15, 0.2) is 0 Å². The lowest BCUT2D eigenvalue weighted by Crippen LogP contribution is -2.53. The van der Waals surface area contributed by atoms with Crippen LogP contribution in [0.4, 0.5) is 10.5 Å². The van der Waals surface area contributed by atoms with Gasteiger partial charge in [-0.05, 0) is 29.8 Å². The van der Waals surface area contributed by atoms with Crippen LogP contribution in [0.2, 0.25) is 0 Å². The summed E-state index contributed by atoms with van der Waals surface area (Å²) in [4.78, 5) is 16.6. The summed E-state index contributed by atoms with van der Waals surface area (Å²) in [6.45, 7) is 7.70. The normalized spacial score (nSPS) is 14.9. The van der Waals surface area contributed by atoms with Crippen molar-refractivity contribution in [3.63, 3.8) is 0 Å². The van der Waals surface area contributed by atoms with E-state index in [9.17, 15) is 9.90 Å². The van der Waals surface area contributed by atoms with Gasteiger partial charge < -0.3 is 20.2 Å². The predicted molar refractivity (Wildman–Crippen MR) is 112 cm³/mol. The number of piperazine rings is 1. The number of nitrogens with one attached hydrogen (secondary N) is 1. The molecule has 5 nitrogen and oxygen atoms in total. The first kappa shape index (κ1) is 19.5. The number of hydrogen-bond donors (Lipinski definition) is 2. The van der Waals surface area contributed by atoms with E-state index in [1.54, 1.807) is 12.1 Å². The third-order valence-electron chi connectivity index (χ3n) is 5.07. The van der Waals surface area contributed by atoms with Crippen molar-refractivity contribution in [2.24, 2.45) is 0 Å². The molecule has 2 aromatic rings. The Labute approximate surface area is 169 Å². The highest BCUT2D eigenvalue weighted by Gasteiger charge is 2.25. The number of carbonyl (C=O) groups excluding carboxylic acids is 1.